The first-order valence-electron chi connectivity index (χ1n) is 10.8. The Morgan fingerprint density at radius 1 is 1.14 bits per heavy atom. The van der Waals surface area contributed by atoms with E-state index < -0.39 is 34.0 Å². The number of benzene rings is 1. The van der Waals surface area contributed by atoms with Crippen molar-refractivity contribution in [3.8, 4) is 0 Å². The van der Waals surface area contributed by atoms with Gasteiger partial charge in [0.25, 0.3) is 5.91 Å². The minimum atomic E-state index is -1.91. The Labute approximate surface area is 206 Å². The molecule has 2 aliphatic rings. The fourth-order valence-corrected chi connectivity index (χ4v) is 5.27. The second kappa shape index (κ2) is 9.55. The first-order valence-corrected chi connectivity index (χ1v) is 12.8. The quantitative estimate of drug-likeness (QED) is 0.415. The van der Waals surface area contributed by atoms with Crippen LogP contribution in [0.2, 0.25) is 0 Å². The number of imide groups is 1. The van der Waals surface area contributed by atoms with Crippen LogP contribution in [0.5, 0.6) is 0 Å². The molecule has 3 aromatic rings. The summed E-state index contributed by atoms with van der Waals surface area (Å²) in [6.45, 7) is 0.887. The highest BCUT2D eigenvalue weighted by Gasteiger charge is 2.33. The van der Waals surface area contributed by atoms with Gasteiger partial charge < -0.3 is 10.6 Å². The van der Waals surface area contributed by atoms with Crippen molar-refractivity contribution in [2.75, 3.05) is 22.1 Å². The van der Waals surface area contributed by atoms with Gasteiger partial charge in [-0.25, -0.2) is 18.9 Å². The first kappa shape index (κ1) is 23.1. The van der Waals surface area contributed by atoms with Crippen LogP contribution in [0.25, 0.3) is 0 Å². The van der Waals surface area contributed by atoms with Crippen molar-refractivity contribution >= 4 is 57.4 Å². The van der Waals surface area contributed by atoms with Crippen LogP contribution in [-0.2, 0) is 22.2 Å². The number of carbonyl (C=O) groups is 3. The molecule has 1 aliphatic carbocycles. The van der Waals surface area contributed by atoms with Crippen LogP contribution in [0.1, 0.15) is 28.8 Å². The van der Waals surface area contributed by atoms with Crippen LogP contribution in [0, 0.1) is 11.0 Å². The number of rotatable bonds is 7. The van der Waals surface area contributed by atoms with E-state index in [1.165, 1.54) is 37.2 Å². The second-order valence-corrected chi connectivity index (χ2v) is 10.7. The van der Waals surface area contributed by atoms with Gasteiger partial charge in [-0.15, -0.1) is 0 Å². The topological polar surface area (TPSA) is 120 Å². The maximum Gasteiger partial charge on any atom is 0.331 e. The van der Waals surface area contributed by atoms with Crippen LogP contribution in [0.15, 0.2) is 52.9 Å². The van der Waals surface area contributed by atoms with E-state index in [-0.39, 0.29) is 22.1 Å². The first-order chi connectivity index (χ1) is 16.9. The molecule has 0 bridgehead atoms. The van der Waals surface area contributed by atoms with E-state index in [9.17, 15) is 23.0 Å². The molecular weight excluding hydrogens is 493 g/mol. The average molecular weight is 514 g/mol. The van der Waals surface area contributed by atoms with E-state index >= 15 is 0 Å². The van der Waals surface area contributed by atoms with Crippen molar-refractivity contribution < 1.29 is 23.0 Å². The number of halogens is 1. The largest absolute Gasteiger partial charge is 0.385 e. The molecule has 1 saturated carbocycles. The molecule has 12 heteroatoms. The maximum atomic E-state index is 13.1. The van der Waals surface area contributed by atoms with Gasteiger partial charge in [0.1, 0.15) is 10.0 Å². The summed E-state index contributed by atoms with van der Waals surface area (Å²) in [6, 6.07) is 10.0. The summed E-state index contributed by atoms with van der Waals surface area (Å²) in [7, 11) is -1.91. The van der Waals surface area contributed by atoms with E-state index in [4.69, 9.17) is 0 Å². The van der Waals surface area contributed by atoms with Crippen LogP contribution in [0.3, 0.4) is 0 Å². The summed E-state index contributed by atoms with van der Waals surface area (Å²) in [5, 5.41) is 5.30. The van der Waals surface area contributed by atoms with Gasteiger partial charge in [0, 0.05) is 17.8 Å². The zero-order valence-electron chi connectivity index (χ0n) is 18.2. The Morgan fingerprint density at radius 2 is 1.94 bits per heavy atom. The third kappa shape index (κ3) is 5.23. The molecule has 1 fully saturated rings. The Balaban J connectivity index is 1.24. The second-order valence-electron chi connectivity index (χ2n) is 8.20. The molecule has 2 aromatic heterocycles. The average Bonchev–Trinajstić information content (AvgIpc) is 3.56. The molecule has 0 saturated heterocycles. The number of nitrogens with one attached hydrogen (secondary N) is 3. The number of anilines is 3. The fraction of sp³-hybridized carbons (Fsp3) is 0.217. The minimum absolute atomic E-state index is 0.0687. The Kier molecular flexibility index (Phi) is 6.31. The molecule has 0 spiro atoms. The number of urea groups is 1. The van der Waals surface area contributed by atoms with Gasteiger partial charge in [-0.3, -0.25) is 14.3 Å². The number of aromatic nitrogens is 1. The predicted octanol–water partition coefficient (Wildman–Crippen LogP) is 3.68. The van der Waals surface area contributed by atoms with E-state index in [0.717, 1.165) is 23.2 Å². The zero-order valence-corrected chi connectivity index (χ0v) is 19.9. The Bertz CT molecular complexity index is 1340. The van der Waals surface area contributed by atoms with Crippen molar-refractivity contribution in [3.63, 3.8) is 0 Å². The van der Waals surface area contributed by atoms with Crippen molar-refractivity contribution in [2.45, 2.75) is 23.5 Å². The number of carbonyl (C=O) groups excluding carboxylic acids is 3. The van der Waals surface area contributed by atoms with Crippen LogP contribution in [0.4, 0.5) is 26.4 Å². The number of amides is 4. The highest BCUT2D eigenvalue weighted by molar-refractivity contribution is 7.86. The molecule has 1 aliphatic heterocycles. The lowest BCUT2D eigenvalue weighted by Crippen LogP contribution is -2.43. The SMILES string of the molecule is O=C(Nc1ccc(N2C(=O)Cc3cc(NCC4CC4)ccc3C2=O)nc1)NS(=O)c1ccc(F)s1. The van der Waals surface area contributed by atoms with Crippen molar-refractivity contribution in [1.29, 1.82) is 0 Å². The molecule has 3 heterocycles. The number of pyridine rings is 1. The predicted molar refractivity (Wildman–Crippen MR) is 130 cm³/mol. The summed E-state index contributed by atoms with van der Waals surface area (Å²) in [4.78, 5) is 43.1. The summed E-state index contributed by atoms with van der Waals surface area (Å²) in [5.41, 5.74) is 2.26. The highest BCUT2D eigenvalue weighted by atomic mass is 32.2. The number of hydrogen-bond acceptors (Lipinski definition) is 7. The van der Waals surface area contributed by atoms with Crippen LogP contribution in [-0.4, -0.2) is 33.6 Å². The normalized spacial score (nSPS) is 16.0. The summed E-state index contributed by atoms with van der Waals surface area (Å²) < 4.78 is 27.5. The lowest BCUT2D eigenvalue weighted by atomic mass is 9.97. The lowest BCUT2D eigenvalue weighted by Gasteiger charge is -2.26. The summed E-state index contributed by atoms with van der Waals surface area (Å²) in [5.74, 6) is -0.0295. The zero-order chi connectivity index (χ0) is 24.5. The minimum Gasteiger partial charge on any atom is -0.385 e. The Morgan fingerprint density at radius 3 is 2.63 bits per heavy atom. The molecule has 9 nitrogen and oxygen atoms in total. The highest BCUT2D eigenvalue weighted by Crippen LogP contribution is 2.30. The number of hydrogen-bond donors (Lipinski definition) is 3. The maximum absolute atomic E-state index is 13.1. The van der Waals surface area contributed by atoms with Crippen molar-refractivity contribution in [3.05, 3.63) is 64.9 Å². The van der Waals surface area contributed by atoms with Gasteiger partial charge in [-0.1, -0.05) is 11.3 Å². The van der Waals surface area contributed by atoms with Crippen molar-refractivity contribution in [1.82, 2.24) is 9.71 Å². The van der Waals surface area contributed by atoms with Gasteiger partial charge in [0.05, 0.1) is 18.3 Å². The van der Waals surface area contributed by atoms with Crippen LogP contribution < -0.4 is 20.3 Å². The molecule has 35 heavy (non-hydrogen) atoms. The number of nitrogens with zero attached hydrogens (tertiary/aromatic N) is 2. The van der Waals surface area contributed by atoms with Gasteiger partial charge in [0.2, 0.25) is 5.91 Å². The summed E-state index contributed by atoms with van der Waals surface area (Å²) in [6.07, 6.45) is 3.81. The molecule has 3 N–H and O–H groups in total. The van der Waals surface area contributed by atoms with Gasteiger partial charge in [-0.05, 0) is 66.8 Å². The van der Waals surface area contributed by atoms with Gasteiger partial charge >= 0.3 is 6.03 Å². The van der Waals surface area contributed by atoms with E-state index in [1.807, 2.05) is 12.1 Å². The molecule has 0 radical (unpaired) electrons. The van der Waals surface area contributed by atoms with E-state index in [0.29, 0.717) is 28.4 Å². The summed E-state index contributed by atoms with van der Waals surface area (Å²) >= 11 is 0.669. The molecule has 5 rings (SSSR count). The molecule has 1 unspecified atom stereocenters. The fourth-order valence-electron chi connectivity index (χ4n) is 3.63. The van der Waals surface area contributed by atoms with Crippen LogP contribution >= 0.6 is 11.3 Å². The standard InChI is InChI=1S/C23H20FN5O4S2/c24-18-6-8-21(34-18)35(33)28-23(32)27-16-4-7-19(26-12-16)29-20(30)10-14-9-15(25-11-13-1-2-13)3-5-17(14)22(29)31/h3-9,12-13,25H,1-2,10-11H2,(H2,27,28,32). The van der Waals surface area contributed by atoms with Crippen molar-refractivity contribution in [2.24, 2.45) is 5.92 Å². The smallest absolute Gasteiger partial charge is 0.331 e. The number of thiophene rings is 1. The molecular formula is C23H20FN5O4S2. The lowest BCUT2D eigenvalue weighted by molar-refractivity contribution is -0.117. The number of fused-ring (bicyclic) bond motifs is 1. The molecule has 180 valence electrons. The monoisotopic (exact) mass is 513 g/mol. The molecule has 1 atom stereocenters. The Hall–Kier alpha value is -3.64. The molecule has 1 aromatic carbocycles. The molecule has 4 amide bonds. The third-order valence-corrected chi connectivity index (χ3v) is 7.82. The third-order valence-electron chi connectivity index (χ3n) is 5.57. The van der Waals surface area contributed by atoms with E-state index in [2.05, 4.69) is 20.3 Å². The van der Waals surface area contributed by atoms with Gasteiger partial charge in [-0.2, -0.15) is 4.39 Å². The van der Waals surface area contributed by atoms with Gasteiger partial charge in [0.15, 0.2) is 16.1 Å². The van der Waals surface area contributed by atoms with E-state index in [1.54, 1.807) is 6.07 Å².